The molecule has 1 fully saturated rings. The summed E-state index contributed by atoms with van der Waals surface area (Å²) in [6.07, 6.45) is 0.905. The molecule has 1 heterocycles. The Morgan fingerprint density at radius 2 is 1.88 bits per heavy atom. The summed E-state index contributed by atoms with van der Waals surface area (Å²) in [6, 6.07) is 10.1. The minimum absolute atomic E-state index is 0.0717. The van der Waals surface area contributed by atoms with Crippen LogP contribution in [0.25, 0.3) is 11.1 Å². The van der Waals surface area contributed by atoms with E-state index in [2.05, 4.69) is 0 Å². The number of hydrogen-bond donors (Lipinski definition) is 2. The molecule has 1 atom stereocenters. The lowest BCUT2D eigenvalue weighted by atomic mass is 10.0. The Bertz CT molecular complexity index is 929. The maximum atomic E-state index is 14.2. The van der Waals surface area contributed by atoms with Gasteiger partial charge in [0, 0.05) is 24.2 Å². The van der Waals surface area contributed by atoms with Crippen LogP contribution in [0.4, 0.5) is 4.39 Å². The highest BCUT2D eigenvalue weighted by Gasteiger charge is 2.26. The quantitative estimate of drug-likeness (QED) is 0.843. The fourth-order valence-electron chi connectivity index (χ4n) is 3.09. The van der Waals surface area contributed by atoms with Gasteiger partial charge in [0.2, 0.25) is 10.0 Å². The van der Waals surface area contributed by atoms with E-state index in [1.54, 1.807) is 29.2 Å². The van der Waals surface area contributed by atoms with E-state index >= 15 is 0 Å². The summed E-state index contributed by atoms with van der Waals surface area (Å²) >= 11 is 0. The molecule has 1 aliphatic rings. The Morgan fingerprint density at radius 3 is 2.42 bits per heavy atom. The minimum atomic E-state index is -3.96. The van der Waals surface area contributed by atoms with Crippen molar-refractivity contribution in [3.63, 3.8) is 0 Å². The first-order valence-electron chi connectivity index (χ1n) is 8.21. The number of likely N-dealkylation sites (tertiary alicyclic amines) is 1. The number of nitrogens with two attached hydrogens (primary N) is 2. The number of primary sulfonamides is 1. The third kappa shape index (κ3) is 3.77. The van der Waals surface area contributed by atoms with Gasteiger partial charge < -0.3 is 10.6 Å². The summed E-state index contributed by atoms with van der Waals surface area (Å²) in [4.78, 5) is 14.0. The standard InChI is InChI=1S/C18H20FN3O3S/c19-17-9-15(26(21,24)25)5-6-16(17)13-1-3-14(4-2-13)18(23)22-8-7-12(10-20)11-22/h1-6,9,12H,7-8,10-11,20H2,(H2,21,24,25)/t12-/m1/s1. The van der Waals surface area contributed by atoms with Crippen molar-refractivity contribution in [2.24, 2.45) is 16.8 Å². The van der Waals surface area contributed by atoms with Crippen LogP contribution < -0.4 is 10.9 Å². The smallest absolute Gasteiger partial charge is 0.253 e. The van der Waals surface area contributed by atoms with Crippen LogP contribution in [0.3, 0.4) is 0 Å². The molecule has 2 aromatic carbocycles. The van der Waals surface area contributed by atoms with Crippen LogP contribution in [0.15, 0.2) is 47.4 Å². The lowest BCUT2D eigenvalue weighted by Crippen LogP contribution is -2.29. The second kappa shape index (κ2) is 7.14. The molecule has 2 aromatic rings. The molecular formula is C18H20FN3O3S. The van der Waals surface area contributed by atoms with E-state index in [0.717, 1.165) is 12.5 Å². The Hall–Kier alpha value is -2.29. The number of rotatable bonds is 4. The molecule has 0 saturated carbocycles. The van der Waals surface area contributed by atoms with Crippen molar-refractivity contribution in [1.82, 2.24) is 4.90 Å². The topological polar surface area (TPSA) is 106 Å². The van der Waals surface area contributed by atoms with E-state index in [4.69, 9.17) is 10.9 Å². The first kappa shape index (κ1) is 18.5. The zero-order valence-electron chi connectivity index (χ0n) is 14.1. The van der Waals surface area contributed by atoms with E-state index < -0.39 is 15.8 Å². The molecule has 1 aliphatic heterocycles. The number of benzene rings is 2. The van der Waals surface area contributed by atoms with Crippen LogP contribution in [0.5, 0.6) is 0 Å². The van der Waals surface area contributed by atoms with Crippen LogP contribution in [0.1, 0.15) is 16.8 Å². The Labute approximate surface area is 151 Å². The van der Waals surface area contributed by atoms with E-state index in [1.807, 2.05) is 0 Å². The van der Waals surface area contributed by atoms with Gasteiger partial charge in [-0.05, 0) is 48.7 Å². The molecule has 8 heteroatoms. The maximum absolute atomic E-state index is 14.2. The Balaban J connectivity index is 1.81. The highest BCUT2D eigenvalue weighted by atomic mass is 32.2. The summed E-state index contributed by atoms with van der Waals surface area (Å²) in [6.45, 7) is 1.91. The molecule has 1 amide bonds. The summed E-state index contributed by atoms with van der Waals surface area (Å²) in [5.41, 5.74) is 6.95. The van der Waals surface area contributed by atoms with Gasteiger partial charge in [0.05, 0.1) is 4.90 Å². The number of nitrogens with zero attached hydrogens (tertiary/aromatic N) is 1. The number of carbonyl (C=O) groups excluding carboxylic acids is 1. The third-order valence-corrected chi connectivity index (χ3v) is 5.53. The number of sulfonamides is 1. The molecular weight excluding hydrogens is 357 g/mol. The molecule has 138 valence electrons. The lowest BCUT2D eigenvalue weighted by Gasteiger charge is -2.16. The van der Waals surface area contributed by atoms with E-state index in [1.165, 1.54) is 12.1 Å². The van der Waals surface area contributed by atoms with Crippen molar-refractivity contribution in [3.05, 3.63) is 53.8 Å². The molecule has 6 nitrogen and oxygen atoms in total. The van der Waals surface area contributed by atoms with Gasteiger partial charge >= 0.3 is 0 Å². The lowest BCUT2D eigenvalue weighted by molar-refractivity contribution is 0.0787. The summed E-state index contributed by atoms with van der Waals surface area (Å²) in [5.74, 6) is -0.428. The second-order valence-electron chi connectivity index (χ2n) is 6.41. The highest BCUT2D eigenvalue weighted by Crippen LogP contribution is 2.26. The van der Waals surface area contributed by atoms with E-state index in [0.29, 0.717) is 36.7 Å². The number of hydrogen-bond acceptors (Lipinski definition) is 4. The molecule has 0 spiro atoms. The monoisotopic (exact) mass is 377 g/mol. The molecule has 26 heavy (non-hydrogen) atoms. The zero-order chi connectivity index (χ0) is 18.9. The SMILES string of the molecule is NC[C@H]1CCN(C(=O)c2ccc(-c3ccc(S(N)(=O)=O)cc3F)cc2)C1. The van der Waals surface area contributed by atoms with Crippen LogP contribution >= 0.6 is 0 Å². The van der Waals surface area contributed by atoms with Gasteiger partial charge in [-0.15, -0.1) is 0 Å². The van der Waals surface area contributed by atoms with Crippen molar-refractivity contribution in [1.29, 1.82) is 0 Å². The van der Waals surface area contributed by atoms with Gasteiger partial charge in [-0.25, -0.2) is 17.9 Å². The molecule has 0 unspecified atom stereocenters. The van der Waals surface area contributed by atoms with E-state index in [9.17, 15) is 17.6 Å². The average molecular weight is 377 g/mol. The summed E-state index contributed by atoms with van der Waals surface area (Å²) in [5, 5.41) is 5.00. The van der Waals surface area contributed by atoms with Gasteiger partial charge in [0.1, 0.15) is 5.82 Å². The predicted octanol–water partition coefficient (Wildman–Crippen LogP) is 1.56. The molecule has 1 saturated heterocycles. The molecule has 0 aromatic heterocycles. The fourth-order valence-corrected chi connectivity index (χ4v) is 3.62. The fraction of sp³-hybridized carbons (Fsp3) is 0.278. The van der Waals surface area contributed by atoms with Crippen LogP contribution in [0.2, 0.25) is 0 Å². The van der Waals surface area contributed by atoms with Gasteiger partial charge in [-0.1, -0.05) is 18.2 Å². The molecule has 4 N–H and O–H groups in total. The predicted molar refractivity (Wildman–Crippen MR) is 96.3 cm³/mol. The van der Waals surface area contributed by atoms with Gasteiger partial charge in [-0.3, -0.25) is 4.79 Å². The average Bonchev–Trinajstić information content (AvgIpc) is 3.09. The number of amides is 1. The second-order valence-corrected chi connectivity index (χ2v) is 7.97. The van der Waals surface area contributed by atoms with Crippen molar-refractivity contribution < 1.29 is 17.6 Å². The van der Waals surface area contributed by atoms with Crippen molar-refractivity contribution in [2.45, 2.75) is 11.3 Å². The van der Waals surface area contributed by atoms with Crippen molar-refractivity contribution in [2.75, 3.05) is 19.6 Å². The molecule has 3 rings (SSSR count). The first-order chi connectivity index (χ1) is 12.3. The normalized spacial score (nSPS) is 17.5. The maximum Gasteiger partial charge on any atom is 0.253 e. The van der Waals surface area contributed by atoms with Crippen LogP contribution in [-0.2, 0) is 10.0 Å². The summed E-state index contributed by atoms with van der Waals surface area (Å²) in [7, 11) is -3.96. The minimum Gasteiger partial charge on any atom is -0.338 e. The van der Waals surface area contributed by atoms with Gasteiger partial charge in [-0.2, -0.15) is 0 Å². The Kier molecular flexibility index (Phi) is 5.08. The van der Waals surface area contributed by atoms with Crippen LogP contribution in [-0.4, -0.2) is 38.9 Å². The molecule has 0 radical (unpaired) electrons. The van der Waals surface area contributed by atoms with Crippen LogP contribution in [0, 0.1) is 11.7 Å². The first-order valence-corrected chi connectivity index (χ1v) is 9.76. The number of carbonyl (C=O) groups is 1. The largest absolute Gasteiger partial charge is 0.338 e. The third-order valence-electron chi connectivity index (χ3n) is 4.62. The van der Waals surface area contributed by atoms with E-state index in [-0.39, 0.29) is 16.4 Å². The van der Waals surface area contributed by atoms with Crippen molar-refractivity contribution in [3.8, 4) is 11.1 Å². The van der Waals surface area contributed by atoms with Gasteiger partial charge in [0.15, 0.2) is 0 Å². The summed E-state index contributed by atoms with van der Waals surface area (Å²) < 4.78 is 36.8. The molecule has 0 aliphatic carbocycles. The van der Waals surface area contributed by atoms with Gasteiger partial charge in [0.25, 0.3) is 5.91 Å². The zero-order valence-corrected chi connectivity index (χ0v) is 14.9. The van der Waals surface area contributed by atoms with Crippen molar-refractivity contribution >= 4 is 15.9 Å². The highest BCUT2D eigenvalue weighted by molar-refractivity contribution is 7.89. The Morgan fingerprint density at radius 1 is 1.19 bits per heavy atom. The molecule has 0 bridgehead atoms. The number of halogens is 1.